The van der Waals surface area contributed by atoms with Gasteiger partial charge in [0.2, 0.25) is 11.8 Å². The first-order valence-electron chi connectivity index (χ1n) is 15.7. The second-order valence-electron chi connectivity index (χ2n) is 14.2. The summed E-state index contributed by atoms with van der Waals surface area (Å²) < 4.78 is 36.0. The molecule has 2 aliphatic rings. The van der Waals surface area contributed by atoms with Crippen molar-refractivity contribution >= 4 is 21.9 Å². The SMILES string of the molecule is Cc1cccc(C)c1-c1cc2nc(n1)NS(=O)(=O)c1cccc(n1)C(=O)N(C1CCC(C(C)(C)O)CC1)[C@H](CC(C)(C)C)CO2. The highest BCUT2D eigenvalue weighted by atomic mass is 32.2. The van der Waals surface area contributed by atoms with Gasteiger partial charge in [0.25, 0.3) is 15.9 Å². The molecule has 45 heavy (non-hydrogen) atoms. The van der Waals surface area contributed by atoms with Gasteiger partial charge in [0.05, 0.1) is 17.3 Å². The number of benzene rings is 1. The van der Waals surface area contributed by atoms with Crippen molar-refractivity contribution in [1.82, 2.24) is 19.9 Å². The second kappa shape index (κ2) is 12.3. The Kier molecular flexibility index (Phi) is 8.98. The molecule has 1 atom stereocenters. The van der Waals surface area contributed by atoms with Gasteiger partial charge in [0.15, 0.2) is 5.03 Å². The molecule has 2 N–H and O–H groups in total. The van der Waals surface area contributed by atoms with Crippen molar-refractivity contribution in [2.24, 2.45) is 11.3 Å². The van der Waals surface area contributed by atoms with Crippen LogP contribution in [0.15, 0.2) is 47.5 Å². The number of nitrogens with one attached hydrogen (secondary N) is 1. The van der Waals surface area contributed by atoms with Gasteiger partial charge in [-0.2, -0.15) is 13.4 Å². The van der Waals surface area contributed by atoms with Crippen molar-refractivity contribution in [2.45, 2.75) is 103 Å². The van der Waals surface area contributed by atoms with Crippen LogP contribution in [0.25, 0.3) is 11.3 Å². The van der Waals surface area contributed by atoms with Crippen molar-refractivity contribution < 1.29 is 23.1 Å². The van der Waals surface area contributed by atoms with Gasteiger partial charge in [-0.3, -0.25) is 4.79 Å². The number of nitrogens with zero attached hydrogens (tertiary/aromatic N) is 4. The van der Waals surface area contributed by atoms with Gasteiger partial charge in [-0.1, -0.05) is 45.0 Å². The Morgan fingerprint density at radius 1 is 0.933 bits per heavy atom. The molecule has 4 bridgehead atoms. The van der Waals surface area contributed by atoms with Gasteiger partial charge in [-0.15, -0.1) is 0 Å². The number of ether oxygens (including phenoxy) is 1. The third-order valence-electron chi connectivity index (χ3n) is 8.87. The van der Waals surface area contributed by atoms with E-state index in [1.807, 2.05) is 50.8 Å². The van der Waals surface area contributed by atoms with Crippen molar-refractivity contribution in [3.8, 4) is 17.1 Å². The lowest BCUT2D eigenvalue weighted by atomic mass is 9.76. The van der Waals surface area contributed by atoms with Crippen molar-refractivity contribution in [3.63, 3.8) is 0 Å². The zero-order chi connectivity index (χ0) is 32.7. The van der Waals surface area contributed by atoms with E-state index in [1.54, 1.807) is 12.1 Å². The lowest BCUT2D eigenvalue weighted by Gasteiger charge is -2.44. The average Bonchev–Trinajstić information content (AvgIpc) is 2.94. The first-order valence-corrected chi connectivity index (χ1v) is 17.1. The Hall–Kier alpha value is -3.57. The number of fused-ring (bicyclic) bond motifs is 4. The monoisotopic (exact) mass is 635 g/mol. The third-order valence-corrected chi connectivity index (χ3v) is 10.1. The van der Waals surface area contributed by atoms with Gasteiger partial charge in [0.1, 0.15) is 12.3 Å². The molecule has 1 fully saturated rings. The molecule has 1 saturated carbocycles. The minimum absolute atomic E-state index is 0.0458. The molecule has 1 aliphatic carbocycles. The zero-order valence-electron chi connectivity index (χ0n) is 27.3. The summed E-state index contributed by atoms with van der Waals surface area (Å²) in [5.41, 5.74) is 2.42. The van der Waals surface area contributed by atoms with Crippen LogP contribution in [-0.4, -0.2) is 63.6 Å². The van der Waals surface area contributed by atoms with Crippen LogP contribution in [-0.2, 0) is 10.0 Å². The van der Waals surface area contributed by atoms with Crippen molar-refractivity contribution in [3.05, 3.63) is 59.3 Å². The first kappa shape index (κ1) is 32.8. The number of aliphatic hydroxyl groups is 1. The van der Waals surface area contributed by atoms with E-state index in [4.69, 9.17) is 4.74 Å². The van der Waals surface area contributed by atoms with Crippen molar-refractivity contribution in [1.29, 1.82) is 0 Å². The summed E-state index contributed by atoms with van der Waals surface area (Å²) in [7, 11) is -4.25. The van der Waals surface area contributed by atoms with E-state index in [1.165, 1.54) is 12.1 Å². The molecule has 0 unspecified atom stereocenters. The van der Waals surface area contributed by atoms with Crippen LogP contribution >= 0.6 is 0 Å². The van der Waals surface area contributed by atoms with Gasteiger partial charge in [0, 0.05) is 17.7 Å². The smallest absolute Gasteiger partial charge is 0.281 e. The van der Waals surface area contributed by atoms with Gasteiger partial charge < -0.3 is 14.7 Å². The number of carbonyl (C=O) groups excluding carboxylic acids is 1. The zero-order valence-corrected chi connectivity index (χ0v) is 28.1. The van der Waals surface area contributed by atoms with E-state index in [-0.39, 0.29) is 58.5 Å². The van der Waals surface area contributed by atoms with E-state index < -0.39 is 15.6 Å². The Bertz CT molecular complexity index is 1650. The Balaban J connectivity index is 1.64. The predicted octanol–water partition coefficient (Wildman–Crippen LogP) is 5.93. The molecular weight excluding hydrogens is 590 g/mol. The molecule has 1 amide bonds. The topological polar surface area (TPSA) is 135 Å². The Labute approximate surface area is 266 Å². The molecule has 0 spiro atoms. The van der Waals surface area contributed by atoms with E-state index in [0.29, 0.717) is 25.0 Å². The maximum atomic E-state index is 14.4. The maximum absolute atomic E-state index is 14.4. The van der Waals surface area contributed by atoms with Gasteiger partial charge in [-0.05, 0) is 94.4 Å². The summed E-state index contributed by atoms with van der Waals surface area (Å²) in [6, 6.07) is 11.6. The van der Waals surface area contributed by atoms with E-state index >= 15 is 0 Å². The predicted molar refractivity (Wildman–Crippen MR) is 174 cm³/mol. The van der Waals surface area contributed by atoms with Crippen LogP contribution in [0.5, 0.6) is 5.88 Å². The van der Waals surface area contributed by atoms with Crippen molar-refractivity contribution in [2.75, 3.05) is 11.3 Å². The maximum Gasteiger partial charge on any atom is 0.281 e. The highest BCUT2D eigenvalue weighted by molar-refractivity contribution is 7.92. The molecule has 2 aromatic heterocycles. The van der Waals surface area contributed by atoms with E-state index in [2.05, 4.69) is 40.4 Å². The standard InChI is InChI=1S/C34H45N5O5S/c1-21-10-8-11-22(2)30(21)27-18-28-37-32(36-27)38-45(42,43)29-13-9-12-26(35-29)31(40)39(25(20-44-28)19-33(3,4)5)24-16-14-23(15-17-24)34(6,7)41/h8-13,18,23-25,41H,14-17,19-20H2,1-7H3,(H,36,37,38)/t23?,24?,25-/m1/s1. The minimum atomic E-state index is -4.25. The van der Waals surface area contributed by atoms with Crippen LogP contribution in [0, 0.1) is 25.2 Å². The minimum Gasteiger partial charge on any atom is -0.475 e. The number of pyridine rings is 1. The van der Waals surface area contributed by atoms with Gasteiger partial charge >= 0.3 is 0 Å². The largest absolute Gasteiger partial charge is 0.475 e. The number of carbonyl (C=O) groups is 1. The molecule has 242 valence electrons. The number of aromatic nitrogens is 3. The first-order chi connectivity index (χ1) is 21.0. The second-order valence-corrected chi connectivity index (χ2v) is 15.9. The van der Waals surface area contributed by atoms with Crippen LogP contribution in [0.2, 0.25) is 0 Å². The van der Waals surface area contributed by atoms with Crippen LogP contribution in [0.4, 0.5) is 5.95 Å². The molecule has 11 heteroatoms. The Morgan fingerprint density at radius 3 is 2.20 bits per heavy atom. The number of amides is 1. The molecule has 3 aromatic rings. The number of hydrogen-bond donors (Lipinski definition) is 2. The molecule has 10 nitrogen and oxygen atoms in total. The molecule has 5 rings (SSSR count). The summed E-state index contributed by atoms with van der Waals surface area (Å²) in [5.74, 6) is -0.157. The molecule has 1 aromatic carbocycles. The molecule has 3 heterocycles. The van der Waals surface area contributed by atoms with Crippen LogP contribution in [0.3, 0.4) is 0 Å². The Morgan fingerprint density at radius 2 is 1.58 bits per heavy atom. The summed E-state index contributed by atoms with van der Waals surface area (Å²) in [6.07, 6.45) is 3.56. The average molecular weight is 636 g/mol. The molecule has 1 aliphatic heterocycles. The highest BCUT2D eigenvalue weighted by Crippen LogP contribution is 2.37. The number of anilines is 1. The fraction of sp³-hybridized carbons (Fsp3) is 0.529. The molecular formula is C34H45N5O5S. The fourth-order valence-electron chi connectivity index (χ4n) is 6.70. The quantitative estimate of drug-likeness (QED) is 0.361. The number of sulfonamides is 1. The van der Waals surface area contributed by atoms with Gasteiger partial charge in [-0.25, -0.2) is 14.7 Å². The van der Waals surface area contributed by atoms with E-state index in [0.717, 1.165) is 29.5 Å². The van der Waals surface area contributed by atoms with Crippen LogP contribution < -0.4 is 9.46 Å². The fourth-order valence-corrected chi connectivity index (χ4v) is 7.61. The number of rotatable bonds is 4. The summed E-state index contributed by atoms with van der Waals surface area (Å²) in [4.78, 5) is 29.7. The molecule has 0 saturated heterocycles. The number of hydrogen-bond acceptors (Lipinski definition) is 8. The lowest BCUT2D eigenvalue weighted by molar-refractivity contribution is -0.0188. The normalized spacial score (nSPS) is 22.4. The third kappa shape index (κ3) is 7.47. The summed E-state index contributed by atoms with van der Waals surface area (Å²) in [5, 5.41) is 10.4. The highest BCUT2D eigenvalue weighted by Gasteiger charge is 2.40. The lowest BCUT2D eigenvalue weighted by Crippen LogP contribution is -2.53. The van der Waals surface area contributed by atoms with Crippen LogP contribution in [0.1, 0.15) is 88.3 Å². The molecule has 0 radical (unpaired) electrons. The summed E-state index contributed by atoms with van der Waals surface area (Å²) in [6.45, 7) is 14.1. The summed E-state index contributed by atoms with van der Waals surface area (Å²) >= 11 is 0. The van der Waals surface area contributed by atoms with E-state index in [9.17, 15) is 18.3 Å². The number of aryl methyl sites for hydroxylation is 2.